The van der Waals surface area contributed by atoms with Crippen molar-refractivity contribution < 1.29 is 29.0 Å². The van der Waals surface area contributed by atoms with E-state index < -0.39 is 24.0 Å². The molecular formula is C27H32N2O6. The van der Waals surface area contributed by atoms with Crippen molar-refractivity contribution in [3.63, 3.8) is 0 Å². The number of carboxylic acids is 1. The smallest absolute Gasteiger partial charge is 0.407 e. The Bertz CT molecular complexity index is 1030. The molecule has 0 aromatic heterocycles. The van der Waals surface area contributed by atoms with Gasteiger partial charge in [0.25, 0.3) is 0 Å². The molecule has 3 unspecified atom stereocenters. The van der Waals surface area contributed by atoms with Crippen molar-refractivity contribution in [3.8, 4) is 11.1 Å². The average Bonchev–Trinajstić information content (AvgIpc) is 3.44. The molecule has 1 aliphatic heterocycles. The summed E-state index contributed by atoms with van der Waals surface area (Å²) in [5, 5.41) is 14.5. The van der Waals surface area contributed by atoms with E-state index in [9.17, 15) is 14.4 Å². The number of rotatable bonds is 10. The molecule has 186 valence electrons. The number of carboxylic acid groups (broad SMARTS) is 1. The molecule has 8 heteroatoms. The van der Waals surface area contributed by atoms with Crippen LogP contribution in [0.4, 0.5) is 4.79 Å². The van der Waals surface area contributed by atoms with E-state index in [1.54, 1.807) is 0 Å². The van der Waals surface area contributed by atoms with Crippen LogP contribution >= 0.6 is 0 Å². The van der Waals surface area contributed by atoms with Crippen LogP contribution in [-0.4, -0.2) is 55.5 Å². The lowest BCUT2D eigenvalue weighted by Crippen LogP contribution is -2.46. The maximum atomic E-state index is 12.6. The van der Waals surface area contributed by atoms with Gasteiger partial charge in [-0.1, -0.05) is 55.5 Å². The molecule has 2 aliphatic rings. The third kappa shape index (κ3) is 6.00. The molecule has 1 aliphatic carbocycles. The minimum absolute atomic E-state index is 0.0322. The lowest BCUT2D eigenvalue weighted by atomic mass is 9.98. The van der Waals surface area contributed by atoms with Gasteiger partial charge in [0.2, 0.25) is 5.91 Å². The van der Waals surface area contributed by atoms with Crippen LogP contribution in [0.3, 0.4) is 0 Å². The van der Waals surface area contributed by atoms with Crippen LogP contribution in [-0.2, 0) is 19.1 Å². The topological polar surface area (TPSA) is 114 Å². The number of ether oxygens (including phenoxy) is 2. The van der Waals surface area contributed by atoms with Gasteiger partial charge in [0, 0.05) is 18.9 Å². The number of hydrogen-bond donors (Lipinski definition) is 3. The first-order valence-electron chi connectivity index (χ1n) is 12.1. The Morgan fingerprint density at radius 2 is 1.69 bits per heavy atom. The van der Waals surface area contributed by atoms with Gasteiger partial charge < -0.3 is 25.2 Å². The first-order valence-corrected chi connectivity index (χ1v) is 12.1. The van der Waals surface area contributed by atoms with Crippen LogP contribution in [0.15, 0.2) is 48.5 Å². The van der Waals surface area contributed by atoms with Crippen LogP contribution in [0.25, 0.3) is 11.1 Å². The second-order valence-corrected chi connectivity index (χ2v) is 9.34. The standard InChI is InChI=1S/C27H32N2O6/c1-17(10-11-25(30)31)12-13-28-26(32)23-14-34-16-24(23)29-27(33)35-15-22-20-8-4-2-6-18(20)19-7-3-5-9-21(19)22/h2-9,17,22-24H,10-16H2,1H3,(H,28,32)(H,29,33)(H,30,31). The van der Waals surface area contributed by atoms with Crippen LogP contribution in [0.5, 0.6) is 0 Å². The summed E-state index contributed by atoms with van der Waals surface area (Å²) < 4.78 is 11.1. The summed E-state index contributed by atoms with van der Waals surface area (Å²) >= 11 is 0. The van der Waals surface area contributed by atoms with Gasteiger partial charge in [-0.25, -0.2) is 4.79 Å². The van der Waals surface area contributed by atoms with Gasteiger partial charge in [0.15, 0.2) is 0 Å². The quantitative estimate of drug-likeness (QED) is 0.479. The number of nitrogens with one attached hydrogen (secondary N) is 2. The highest BCUT2D eigenvalue weighted by Crippen LogP contribution is 2.44. The van der Waals surface area contributed by atoms with Crippen molar-refractivity contribution in [3.05, 3.63) is 59.7 Å². The van der Waals surface area contributed by atoms with Crippen molar-refractivity contribution >= 4 is 18.0 Å². The van der Waals surface area contributed by atoms with E-state index in [4.69, 9.17) is 14.6 Å². The molecule has 1 fully saturated rings. The van der Waals surface area contributed by atoms with Crippen molar-refractivity contribution in [1.29, 1.82) is 0 Å². The molecule has 35 heavy (non-hydrogen) atoms. The van der Waals surface area contributed by atoms with E-state index in [1.165, 1.54) is 0 Å². The Hall–Kier alpha value is -3.39. The average molecular weight is 481 g/mol. The summed E-state index contributed by atoms with van der Waals surface area (Å²) in [6, 6.07) is 15.8. The second-order valence-electron chi connectivity index (χ2n) is 9.34. The monoisotopic (exact) mass is 480 g/mol. The molecular weight excluding hydrogens is 448 g/mol. The minimum Gasteiger partial charge on any atom is -0.481 e. The van der Waals surface area contributed by atoms with Crippen LogP contribution in [0, 0.1) is 11.8 Å². The zero-order chi connectivity index (χ0) is 24.8. The van der Waals surface area contributed by atoms with E-state index in [-0.39, 0.29) is 44.0 Å². The molecule has 0 saturated carbocycles. The summed E-state index contributed by atoms with van der Waals surface area (Å²) in [6.07, 6.45) is 0.820. The van der Waals surface area contributed by atoms with Gasteiger partial charge >= 0.3 is 12.1 Å². The zero-order valence-corrected chi connectivity index (χ0v) is 19.9. The number of alkyl carbamates (subject to hydrolysis) is 1. The molecule has 3 N–H and O–H groups in total. The summed E-state index contributed by atoms with van der Waals surface area (Å²) in [5.41, 5.74) is 4.60. The third-order valence-electron chi connectivity index (χ3n) is 6.85. The lowest BCUT2D eigenvalue weighted by Gasteiger charge is -2.20. The van der Waals surface area contributed by atoms with Crippen LogP contribution < -0.4 is 10.6 Å². The van der Waals surface area contributed by atoms with E-state index >= 15 is 0 Å². The minimum atomic E-state index is -0.814. The molecule has 1 heterocycles. The fourth-order valence-corrected chi connectivity index (χ4v) is 4.83. The van der Waals surface area contributed by atoms with Crippen molar-refractivity contribution in [2.45, 2.75) is 38.1 Å². The third-order valence-corrected chi connectivity index (χ3v) is 6.85. The van der Waals surface area contributed by atoms with E-state index in [1.807, 2.05) is 31.2 Å². The number of fused-ring (bicyclic) bond motifs is 3. The van der Waals surface area contributed by atoms with Gasteiger partial charge in [-0.05, 0) is 41.0 Å². The van der Waals surface area contributed by atoms with Gasteiger partial charge in [0.1, 0.15) is 6.61 Å². The Kier molecular flexibility index (Phi) is 8.02. The first-order chi connectivity index (χ1) is 16.9. The lowest BCUT2D eigenvalue weighted by molar-refractivity contribution is -0.137. The Balaban J connectivity index is 1.26. The first kappa shape index (κ1) is 24.7. The van der Waals surface area contributed by atoms with Crippen molar-refractivity contribution in [2.75, 3.05) is 26.4 Å². The Morgan fingerprint density at radius 1 is 1.03 bits per heavy atom. The maximum Gasteiger partial charge on any atom is 0.407 e. The summed E-state index contributed by atoms with van der Waals surface area (Å²) in [6.45, 7) is 3.10. The van der Waals surface area contributed by atoms with Gasteiger partial charge in [-0.15, -0.1) is 0 Å². The highest BCUT2D eigenvalue weighted by atomic mass is 16.5. The molecule has 2 aromatic rings. The number of amides is 2. The molecule has 2 amide bonds. The predicted octanol–water partition coefficient (Wildman–Crippen LogP) is 3.55. The molecule has 1 saturated heterocycles. The Labute approximate surface area is 205 Å². The number of benzene rings is 2. The fraction of sp³-hybridized carbons (Fsp3) is 0.444. The summed E-state index contributed by atoms with van der Waals surface area (Å²) in [5.74, 6) is -1.33. The SMILES string of the molecule is CC(CCNC(=O)C1COCC1NC(=O)OCC1c2ccccc2-c2ccccc21)CCC(=O)O. The van der Waals surface area contributed by atoms with Crippen molar-refractivity contribution in [1.82, 2.24) is 10.6 Å². The summed E-state index contributed by atoms with van der Waals surface area (Å²) in [7, 11) is 0. The van der Waals surface area contributed by atoms with Crippen molar-refractivity contribution in [2.24, 2.45) is 11.8 Å². The number of hydrogen-bond acceptors (Lipinski definition) is 5. The molecule has 0 radical (unpaired) electrons. The number of aliphatic carboxylic acids is 1. The predicted molar refractivity (Wildman–Crippen MR) is 130 cm³/mol. The molecule has 2 aromatic carbocycles. The van der Waals surface area contributed by atoms with Gasteiger partial charge in [0.05, 0.1) is 25.2 Å². The van der Waals surface area contributed by atoms with E-state index in [2.05, 4.69) is 34.9 Å². The molecule has 8 nitrogen and oxygen atoms in total. The normalized spacial score (nSPS) is 19.5. The number of carbonyl (C=O) groups is 3. The fourth-order valence-electron chi connectivity index (χ4n) is 4.83. The highest BCUT2D eigenvalue weighted by molar-refractivity contribution is 5.81. The van der Waals surface area contributed by atoms with Crippen LogP contribution in [0.1, 0.15) is 43.2 Å². The highest BCUT2D eigenvalue weighted by Gasteiger charge is 2.36. The van der Waals surface area contributed by atoms with E-state index in [0.29, 0.717) is 19.4 Å². The Morgan fingerprint density at radius 3 is 2.34 bits per heavy atom. The maximum absolute atomic E-state index is 12.6. The van der Waals surface area contributed by atoms with Crippen LogP contribution in [0.2, 0.25) is 0 Å². The molecule has 4 rings (SSSR count). The summed E-state index contributed by atoms with van der Waals surface area (Å²) in [4.78, 5) is 35.9. The largest absolute Gasteiger partial charge is 0.481 e. The number of carbonyl (C=O) groups excluding carboxylic acids is 2. The molecule has 0 bridgehead atoms. The zero-order valence-electron chi connectivity index (χ0n) is 19.9. The second kappa shape index (κ2) is 11.4. The van der Waals surface area contributed by atoms with E-state index in [0.717, 1.165) is 22.3 Å². The van der Waals surface area contributed by atoms with Gasteiger partial charge in [-0.3, -0.25) is 9.59 Å². The van der Waals surface area contributed by atoms with Gasteiger partial charge in [-0.2, -0.15) is 0 Å². The molecule has 3 atom stereocenters. The molecule has 0 spiro atoms.